The molecule has 0 saturated carbocycles. The Bertz CT molecular complexity index is 897. The van der Waals surface area contributed by atoms with Crippen LogP contribution >= 0.6 is 0 Å². The molecule has 8 atom stereocenters. The van der Waals surface area contributed by atoms with Crippen LogP contribution in [0.1, 0.15) is 55.2 Å². The fraction of sp³-hybridized carbons (Fsp3) is 0.708. The average molecular weight is 585 g/mol. The third-order valence-electron chi connectivity index (χ3n) is 5.19. The van der Waals surface area contributed by atoms with E-state index in [1.165, 1.54) is 19.9 Å². The van der Waals surface area contributed by atoms with Crippen LogP contribution in [0, 0.1) is 6.92 Å². The van der Waals surface area contributed by atoms with E-state index in [-0.39, 0.29) is 35.9 Å². The monoisotopic (exact) mass is 584 g/mol. The molecule has 1 saturated heterocycles. The second-order valence-corrected chi connectivity index (χ2v) is 8.43. The molecule has 1 fully saturated rings. The van der Waals surface area contributed by atoms with E-state index in [4.69, 9.17) is 39.8 Å². The number of hydrogen-bond acceptors (Lipinski definition) is 16. The van der Waals surface area contributed by atoms with Crippen molar-refractivity contribution in [1.82, 2.24) is 0 Å². The first kappa shape index (κ1) is 37.5. The molecule has 2 heterocycles. The summed E-state index contributed by atoms with van der Waals surface area (Å²) in [5.74, 6) is -1.04. The Hall–Kier alpha value is -2.51. The van der Waals surface area contributed by atoms with Gasteiger partial charge in [-0.3, -0.25) is 9.59 Å². The molecule has 0 bridgehead atoms. The minimum Gasteiger partial charge on any atom is -0.466 e. The molecule has 9 N–H and O–H groups in total. The Labute approximate surface area is 230 Å². The lowest BCUT2D eigenvalue weighted by Gasteiger charge is -2.37. The molecule has 2 rings (SSSR count). The van der Waals surface area contributed by atoms with Crippen LogP contribution in [0.2, 0.25) is 0 Å². The number of ketones is 1. The number of carbonyl (C=O) groups excluding carboxylic acids is 3. The predicted octanol–water partition coefficient (Wildman–Crippen LogP) is -3.18. The smallest absolute Gasteiger partial charge is 0.341 e. The van der Waals surface area contributed by atoms with Crippen LogP contribution in [0.15, 0.2) is 10.5 Å². The van der Waals surface area contributed by atoms with Crippen LogP contribution in [0.5, 0.6) is 0 Å². The maximum atomic E-state index is 11.5. The lowest BCUT2D eigenvalue weighted by atomic mass is 10.00. The quantitative estimate of drug-likeness (QED) is 0.0968. The van der Waals surface area contributed by atoms with Crippen LogP contribution in [0.3, 0.4) is 0 Å². The zero-order valence-corrected chi connectivity index (χ0v) is 22.6. The first-order valence-electron chi connectivity index (χ1n) is 12.2. The number of aliphatic hydroxyl groups excluding tert-OH is 9. The van der Waals surface area contributed by atoms with E-state index in [0.717, 1.165) is 0 Å². The summed E-state index contributed by atoms with van der Waals surface area (Å²) >= 11 is 0. The number of ether oxygens (including phenoxy) is 3. The van der Waals surface area contributed by atoms with Crippen molar-refractivity contribution >= 4 is 17.7 Å². The van der Waals surface area contributed by atoms with Gasteiger partial charge in [-0.1, -0.05) is 0 Å². The van der Waals surface area contributed by atoms with Gasteiger partial charge >= 0.3 is 11.9 Å². The maximum Gasteiger partial charge on any atom is 0.341 e. The number of aliphatic hydroxyl groups is 9. The lowest BCUT2D eigenvalue weighted by Crippen LogP contribution is -2.58. The number of rotatable bonds is 10. The molecule has 232 valence electrons. The summed E-state index contributed by atoms with van der Waals surface area (Å²) < 4.78 is 19.0. The standard InChI is InChI=1S/C12H18O7.C6H12O6.C6H10O3/c1-3-18-12(17)7-4-9(19-6(7)2)11(16)10(15)8(14)5-13;7-1-2-3(8)4(9)5(10)6(11)12-2;1-3-9-6(8)4-5(2)7/h4,8,10-11,13-16H,3,5H2,1-2H3;2-11H,1H2;3-4H2,1-2H3/t;2?,3-,4+,5?,6?;/m.1./s1. The summed E-state index contributed by atoms with van der Waals surface area (Å²) in [7, 11) is 0. The van der Waals surface area contributed by atoms with Gasteiger partial charge in [-0.25, -0.2) is 4.79 Å². The van der Waals surface area contributed by atoms with Gasteiger partial charge in [0.15, 0.2) is 6.29 Å². The van der Waals surface area contributed by atoms with E-state index < -0.39 is 74.2 Å². The van der Waals surface area contributed by atoms with Crippen molar-refractivity contribution in [1.29, 1.82) is 0 Å². The lowest BCUT2D eigenvalue weighted by molar-refractivity contribution is -0.286. The minimum absolute atomic E-state index is 0.0828. The highest BCUT2D eigenvalue weighted by atomic mass is 16.6. The van der Waals surface area contributed by atoms with Crippen LogP contribution in [0.4, 0.5) is 0 Å². The van der Waals surface area contributed by atoms with Crippen molar-refractivity contribution in [2.45, 2.75) is 83.1 Å². The summed E-state index contributed by atoms with van der Waals surface area (Å²) in [4.78, 5) is 32.2. The normalized spacial score (nSPS) is 24.3. The molecule has 0 amide bonds. The van der Waals surface area contributed by atoms with Gasteiger partial charge in [0.1, 0.15) is 72.0 Å². The maximum absolute atomic E-state index is 11.5. The Morgan fingerprint density at radius 3 is 2.00 bits per heavy atom. The molecule has 0 radical (unpaired) electrons. The Balaban J connectivity index is 0.000000621. The topological polar surface area (TPSA) is 274 Å². The fourth-order valence-corrected chi connectivity index (χ4v) is 3.05. The largest absolute Gasteiger partial charge is 0.466 e. The van der Waals surface area contributed by atoms with Crippen LogP contribution in [0.25, 0.3) is 0 Å². The van der Waals surface area contributed by atoms with Crippen molar-refractivity contribution in [3.05, 3.63) is 23.2 Å². The average Bonchev–Trinajstić information content (AvgIpc) is 3.30. The van der Waals surface area contributed by atoms with E-state index in [1.54, 1.807) is 13.8 Å². The summed E-state index contributed by atoms with van der Waals surface area (Å²) in [6.45, 7) is 5.54. The van der Waals surface area contributed by atoms with Crippen molar-refractivity contribution in [3.63, 3.8) is 0 Å². The van der Waals surface area contributed by atoms with Gasteiger partial charge in [0.2, 0.25) is 0 Å². The van der Waals surface area contributed by atoms with E-state index in [9.17, 15) is 29.7 Å². The van der Waals surface area contributed by atoms with Gasteiger partial charge < -0.3 is 64.6 Å². The first-order chi connectivity index (χ1) is 18.7. The summed E-state index contributed by atoms with van der Waals surface area (Å²) in [6, 6.07) is 1.24. The number of furan rings is 1. The van der Waals surface area contributed by atoms with Crippen molar-refractivity contribution < 1.29 is 79.0 Å². The van der Waals surface area contributed by atoms with Gasteiger partial charge in [0, 0.05) is 0 Å². The zero-order chi connectivity index (χ0) is 31.2. The molecule has 0 aliphatic carbocycles. The molecule has 0 aromatic carbocycles. The Kier molecular flexibility index (Phi) is 17.6. The van der Waals surface area contributed by atoms with E-state index in [1.807, 2.05) is 0 Å². The molecule has 16 heteroatoms. The molecule has 1 aromatic rings. The first-order valence-corrected chi connectivity index (χ1v) is 12.2. The third-order valence-corrected chi connectivity index (χ3v) is 5.19. The fourth-order valence-electron chi connectivity index (χ4n) is 3.05. The number of Topliss-reactive ketones (excluding diaryl/α,β-unsaturated/α-hetero) is 1. The second-order valence-electron chi connectivity index (χ2n) is 8.43. The molecule has 0 spiro atoms. The Morgan fingerprint density at radius 1 is 0.950 bits per heavy atom. The highest BCUT2D eigenvalue weighted by Gasteiger charge is 2.42. The SMILES string of the molecule is CCOC(=O)CC(C)=O.CCOC(=O)c1cc(C(O)C(O)C(O)CO)oc1C.OCC1OC(O)C(O)[C@@H](O)[C@@H]1O. The Morgan fingerprint density at radius 2 is 1.52 bits per heavy atom. The van der Waals surface area contributed by atoms with E-state index >= 15 is 0 Å². The van der Waals surface area contributed by atoms with Crippen molar-refractivity contribution in [2.75, 3.05) is 26.4 Å². The molecular formula is C24H40O16. The highest BCUT2D eigenvalue weighted by molar-refractivity contribution is 5.94. The van der Waals surface area contributed by atoms with Gasteiger partial charge in [-0.2, -0.15) is 0 Å². The molecule has 1 aromatic heterocycles. The number of esters is 2. The van der Waals surface area contributed by atoms with E-state index in [0.29, 0.717) is 6.61 Å². The molecule has 40 heavy (non-hydrogen) atoms. The van der Waals surface area contributed by atoms with Gasteiger partial charge in [-0.05, 0) is 33.8 Å². The zero-order valence-electron chi connectivity index (χ0n) is 22.6. The van der Waals surface area contributed by atoms with E-state index in [2.05, 4.69) is 9.47 Å². The van der Waals surface area contributed by atoms with Gasteiger partial charge in [0.05, 0.1) is 26.4 Å². The summed E-state index contributed by atoms with van der Waals surface area (Å²) in [5.41, 5.74) is 0.140. The van der Waals surface area contributed by atoms with Gasteiger partial charge in [-0.15, -0.1) is 0 Å². The molecular weight excluding hydrogens is 544 g/mol. The summed E-state index contributed by atoms with van der Waals surface area (Å²) in [6.07, 6.45) is -11.8. The van der Waals surface area contributed by atoms with Crippen molar-refractivity contribution in [3.8, 4) is 0 Å². The van der Waals surface area contributed by atoms with Crippen LogP contribution in [-0.4, -0.2) is 133 Å². The third kappa shape index (κ3) is 11.9. The van der Waals surface area contributed by atoms with Gasteiger partial charge in [0.25, 0.3) is 0 Å². The molecule has 1 aliphatic heterocycles. The highest BCUT2D eigenvalue weighted by Crippen LogP contribution is 2.25. The van der Waals surface area contributed by atoms with Crippen LogP contribution < -0.4 is 0 Å². The second kappa shape index (κ2) is 18.8. The predicted molar refractivity (Wildman–Crippen MR) is 131 cm³/mol. The molecule has 6 unspecified atom stereocenters. The minimum atomic E-state index is -1.62. The molecule has 1 aliphatic rings. The van der Waals surface area contributed by atoms with Crippen molar-refractivity contribution in [2.24, 2.45) is 0 Å². The number of carbonyl (C=O) groups is 3. The number of aryl methyl sites for hydroxylation is 1. The summed E-state index contributed by atoms with van der Waals surface area (Å²) in [5, 5.41) is 81.9. The number of hydrogen-bond donors (Lipinski definition) is 9. The van der Waals surface area contributed by atoms with Crippen LogP contribution in [-0.2, 0) is 23.8 Å². The molecule has 16 nitrogen and oxygen atoms in total.